The number of anilines is 2. The maximum Gasteiger partial charge on any atom is 0.260 e. The first-order valence-corrected chi connectivity index (χ1v) is 10.4. The van der Waals surface area contributed by atoms with Gasteiger partial charge in [0.2, 0.25) is 5.95 Å². The van der Waals surface area contributed by atoms with Crippen LogP contribution in [0.4, 0.5) is 11.6 Å². The van der Waals surface area contributed by atoms with Crippen LogP contribution in [0, 0.1) is 0 Å². The van der Waals surface area contributed by atoms with E-state index in [1.54, 1.807) is 23.1 Å². The minimum Gasteiger partial charge on any atom is -0.300 e. The number of imidazole rings is 1. The van der Waals surface area contributed by atoms with Crippen molar-refractivity contribution in [3.05, 3.63) is 73.3 Å². The lowest BCUT2D eigenvalue weighted by Gasteiger charge is -2.25. The first kappa shape index (κ1) is 19.0. The number of nitrogens with zero attached hydrogens (tertiary/aromatic N) is 3. The molecule has 1 aromatic heterocycles. The summed E-state index contributed by atoms with van der Waals surface area (Å²) in [6.45, 7) is 1.92. The number of benzene rings is 2. The highest BCUT2D eigenvalue weighted by Gasteiger charge is 2.49. The van der Waals surface area contributed by atoms with Gasteiger partial charge in [0.25, 0.3) is 5.91 Å². The Hall–Kier alpha value is -1.34. The Morgan fingerprint density at radius 2 is 1.70 bits per heavy atom. The molecule has 1 unspecified atom stereocenters. The summed E-state index contributed by atoms with van der Waals surface area (Å²) in [5.41, 5.74) is 0.823. The maximum atomic E-state index is 13.5. The van der Waals surface area contributed by atoms with Crippen LogP contribution >= 0.6 is 55.1 Å². The molecule has 3 aromatic rings. The molecule has 0 bridgehead atoms. The lowest BCUT2D eigenvalue weighted by molar-refractivity contribution is -0.123. The predicted octanol–water partition coefficient (Wildman–Crippen LogP) is 6.35. The zero-order valence-corrected chi connectivity index (χ0v) is 18.8. The van der Waals surface area contributed by atoms with Crippen molar-refractivity contribution in [3.63, 3.8) is 0 Å². The van der Waals surface area contributed by atoms with Crippen LogP contribution < -0.4 is 4.90 Å². The van der Waals surface area contributed by atoms with Gasteiger partial charge in [-0.05, 0) is 58.7 Å². The minimum atomic E-state index is -0.822. The number of aromatic nitrogens is 2. The highest BCUT2D eigenvalue weighted by atomic mass is 79.9. The van der Waals surface area contributed by atoms with Gasteiger partial charge < -0.3 is 4.57 Å². The van der Waals surface area contributed by atoms with Crippen molar-refractivity contribution in [1.29, 1.82) is 0 Å². The lowest BCUT2D eigenvalue weighted by atomic mass is 9.92. The molecule has 4 rings (SSSR count). The summed E-state index contributed by atoms with van der Waals surface area (Å²) in [6.07, 6.45) is 2.36. The molecule has 27 heavy (non-hydrogen) atoms. The smallest absolute Gasteiger partial charge is 0.260 e. The van der Waals surface area contributed by atoms with Crippen LogP contribution in [0.5, 0.6) is 0 Å². The number of hydrogen-bond acceptors (Lipinski definition) is 2. The Morgan fingerprint density at radius 1 is 1.07 bits per heavy atom. The minimum absolute atomic E-state index is 0.0845. The SMILES string of the molecule is CC1(Cc2ccc(Br)cc2)C(=O)N(c2cc(Cl)cc(Cl)c2)c2nc(Br)cn21. The molecular formula is C19H13Br2Cl2N3O. The average molecular weight is 530 g/mol. The van der Waals surface area contributed by atoms with Gasteiger partial charge >= 0.3 is 0 Å². The normalized spacial score (nSPS) is 18.9. The first-order chi connectivity index (χ1) is 12.8. The molecule has 0 fully saturated rings. The Bertz CT molecular complexity index is 1030. The van der Waals surface area contributed by atoms with Crippen LogP contribution in [-0.4, -0.2) is 15.5 Å². The van der Waals surface area contributed by atoms with Crippen molar-refractivity contribution in [2.24, 2.45) is 0 Å². The fourth-order valence-corrected chi connectivity index (χ4v) is 4.50. The van der Waals surface area contributed by atoms with Gasteiger partial charge in [-0.25, -0.2) is 9.88 Å². The van der Waals surface area contributed by atoms with E-state index in [0.717, 1.165) is 10.0 Å². The predicted molar refractivity (Wildman–Crippen MR) is 115 cm³/mol. The van der Waals surface area contributed by atoms with Gasteiger partial charge in [-0.1, -0.05) is 51.3 Å². The van der Waals surface area contributed by atoms with Gasteiger partial charge in [0.1, 0.15) is 10.1 Å². The van der Waals surface area contributed by atoms with E-state index < -0.39 is 5.54 Å². The molecule has 2 aromatic carbocycles. The van der Waals surface area contributed by atoms with Crippen molar-refractivity contribution in [3.8, 4) is 0 Å². The van der Waals surface area contributed by atoms with Crippen molar-refractivity contribution in [2.75, 3.05) is 4.90 Å². The molecule has 2 heterocycles. The summed E-state index contributed by atoms with van der Waals surface area (Å²) >= 11 is 19.2. The number of hydrogen-bond donors (Lipinski definition) is 0. The third kappa shape index (κ3) is 3.33. The molecule has 1 atom stereocenters. The molecule has 4 nitrogen and oxygen atoms in total. The first-order valence-electron chi connectivity index (χ1n) is 8.08. The van der Waals surface area contributed by atoms with Gasteiger partial charge in [-0.3, -0.25) is 4.79 Å². The molecule has 0 spiro atoms. The molecule has 1 amide bonds. The van der Waals surface area contributed by atoms with E-state index in [1.165, 1.54) is 0 Å². The van der Waals surface area contributed by atoms with Crippen LogP contribution in [0.15, 0.2) is 57.7 Å². The third-order valence-electron chi connectivity index (χ3n) is 4.62. The number of halogens is 4. The zero-order valence-electron chi connectivity index (χ0n) is 14.1. The van der Waals surface area contributed by atoms with Crippen molar-refractivity contribution in [1.82, 2.24) is 9.55 Å². The average Bonchev–Trinajstić information content (AvgIpc) is 3.05. The Morgan fingerprint density at radius 3 is 2.33 bits per heavy atom. The van der Waals surface area contributed by atoms with E-state index in [0.29, 0.717) is 32.7 Å². The van der Waals surface area contributed by atoms with E-state index in [2.05, 4.69) is 36.8 Å². The number of amides is 1. The second-order valence-electron chi connectivity index (χ2n) is 6.58. The summed E-state index contributed by atoms with van der Waals surface area (Å²) in [5.74, 6) is 0.448. The van der Waals surface area contributed by atoms with Gasteiger partial charge in [0.15, 0.2) is 0 Å². The van der Waals surface area contributed by atoms with E-state index in [-0.39, 0.29) is 5.91 Å². The molecule has 0 aliphatic carbocycles. The molecule has 0 radical (unpaired) electrons. The van der Waals surface area contributed by atoms with E-state index >= 15 is 0 Å². The lowest BCUT2D eigenvalue weighted by Crippen LogP contribution is -2.40. The van der Waals surface area contributed by atoms with Gasteiger partial charge in [0.05, 0.1) is 5.69 Å². The largest absolute Gasteiger partial charge is 0.300 e. The number of fused-ring (bicyclic) bond motifs is 1. The number of rotatable bonds is 3. The standard InChI is InChI=1S/C19H13Br2Cl2N3O/c1-19(9-11-2-4-12(20)5-3-11)17(27)26(18-24-16(21)10-25(18)19)15-7-13(22)6-14(23)8-15/h2-8,10H,9H2,1H3. The fourth-order valence-electron chi connectivity index (χ4n) is 3.36. The van der Waals surface area contributed by atoms with E-state index in [1.807, 2.05) is 42.0 Å². The second kappa shape index (κ2) is 6.92. The quantitative estimate of drug-likeness (QED) is 0.396. The molecule has 1 aliphatic heterocycles. The molecule has 1 aliphatic rings. The van der Waals surface area contributed by atoms with Crippen molar-refractivity contribution < 1.29 is 4.79 Å². The van der Waals surface area contributed by atoms with Gasteiger partial charge in [-0.2, -0.15) is 0 Å². The monoisotopic (exact) mass is 527 g/mol. The highest BCUT2D eigenvalue weighted by Crippen LogP contribution is 2.43. The van der Waals surface area contributed by atoms with E-state index in [9.17, 15) is 4.79 Å². The number of carbonyl (C=O) groups is 1. The second-order valence-corrected chi connectivity index (χ2v) is 9.18. The summed E-state index contributed by atoms with van der Waals surface area (Å²) in [4.78, 5) is 19.6. The van der Waals surface area contributed by atoms with Crippen LogP contribution in [-0.2, 0) is 16.8 Å². The van der Waals surface area contributed by atoms with Crippen LogP contribution in [0.25, 0.3) is 0 Å². The topological polar surface area (TPSA) is 38.1 Å². The molecule has 0 N–H and O–H groups in total. The summed E-state index contributed by atoms with van der Waals surface area (Å²) in [5, 5.41) is 0.924. The molecule has 8 heteroatoms. The Kier molecular flexibility index (Phi) is 4.87. The number of carbonyl (C=O) groups excluding carboxylic acids is 1. The van der Waals surface area contributed by atoms with E-state index in [4.69, 9.17) is 23.2 Å². The van der Waals surface area contributed by atoms with Gasteiger partial charge in [-0.15, -0.1) is 0 Å². The van der Waals surface area contributed by atoms with Crippen LogP contribution in [0.1, 0.15) is 12.5 Å². The van der Waals surface area contributed by atoms with Crippen molar-refractivity contribution >= 4 is 72.6 Å². The summed E-state index contributed by atoms with van der Waals surface area (Å²) < 4.78 is 3.55. The Balaban J connectivity index is 1.82. The maximum absolute atomic E-state index is 13.5. The van der Waals surface area contributed by atoms with Crippen LogP contribution in [0.2, 0.25) is 10.0 Å². The zero-order chi connectivity index (χ0) is 19.3. The molecule has 0 saturated carbocycles. The van der Waals surface area contributed by atoms with Crippen molar-refractivity contribution in [2.45, 2.75) is 18.9 Å². The Labute approximate surface area is 183 Å². The summed E-state index contributed by atoms with van der Waals surface area (Å²) in [6, 6.07) is 13.0. The molecular weight excluding hydrogens is 517 g/mol. The molecule has 138 valence electrons. The molecule has 0 saturated heterocycles. The van der Waals surface area contributed by atoms with Gasteiger partial charge in [0, 0.05) is 27.1 Å². The fraction of sp³-hybridized carbons (Fsp3) is 0.158. The van der Waals surface area contributed by atoms with Crippen LogP contribution in [0.3, 0.4) is 0 Å². The third-order valence-corrected chi connectivity index (χ3v) is 5.97. The highest BCUT2D eigenvalue weighted by molar-refractivity contribution is 9.10. The summed E-state index contributed by atoms with van der Waals surface area (Å²) in [7, 11) is 0.